The third-order valence-corrected chi connectivity index (χ3v) is 4.92. The first-order valence-electron chi connectivity index (χ1n) is 10.7. The number of rotatable bonds is 8. The van der Waals surface area contributed by atoms with Gasteiger partial charge in [-0.15, -0.1) is 0 Å². The van der Waals surface area contributed by atoms with Crippen molar-refractivity contribution >= 4 is 17.0 Å². The van der Waals surface area contributed by atoms with Crippen LogP contribution in [0.25, 0.3) is 22.2 Å². The zero-order chi connectivity index (χ0) is 24.3. The van der Waals surface area contributed by atoms with E-state index in [-0.39, 0.29) is 24.2 Å². The van der Waals surface area contributed by atoms with Gasteiger partial charge in [0.15, 0.2) is 18.1 Å². The molecule has 2 heterocycles. The summed E-state index contributed by atoms with van der Waals surface area (Å²) < 4.78 is 56.1. The van der Waals surface area contributed by atoms with Crippen molar-refractivity contribution in [3.63, 3.8) is 0 Å². The predicted octanol–water partition coefficient (Wildman–Crippen LogP) is 5.71. The zero-order valence-electron chi connectivity index (χ0n) is 19.2. The number of aryl methyl sites for hydroxylation is 2. The molecule has 0 aliphatic heterocycles. The van der Waals surface area contributed by atoms with Gasteiger partial charge in [-0.2, -0.15) is 13.2 Å². The Balaban J connectivity index is 2.19. The molecule has 0 radical (unpaired) electrons. The number of hydrogen-bond donors (Lipinski definition) is 0. The minimum atomic E-state index is -4.57. The summed E-state index contributed by atoms with van der Waals surface area (Å²) in [6.45, 7) is 5.95. The fraction of sp³-hybridized carbons (Fsp3) is 0.417. The molecule has 2 aromatic heterocycles. The van der Waals surface area contributed by atoms with Gasteiger partial charge in [-0.3, -0.25) is 0 Å². The van der Waals surface area contributed by atoms with Gasteiger partial charge in [0.25, 0.3) is 0 Å². The lowest BCUT2D eigenvalue weighted by atomic mass is 10.0. The third kappa shape index (κ3) is 5.40. The lowest BCUT2D eigenvalue weighted by Crippen LogP contribution is -2.20. The van der Waals surface area contributed by atoms with Crippen LogP contribution >= 0.6 is 0 Å². The van der Waals surface area contributed by atoms with E-state index in [4.69, 9.17) is 14.2 Å². The van der Waals surface area contributed by atoms with Crippen LogP contribution in [0, 0.1) is 0 Å². The summed E-state index contributed by atoms with van der Waals surface area (Å²) in [7, 11) is 1.55. The summed E-state index contributed by atoms with van der Waals surface area (Å²) in [5.41, 5.74) is 2.53. The van der Waals surface area contributed by atoms with E-state index in [2.05, 4.69) is 4.98 Å². The number of carbonyl (C=O) groups excluding carboxylic acids is 1. The summed E-state index contributed by atoms with van der Waals surface area (Å²) in [5.74, 6) is -0.260. The molecule has 0 fully saturated rings. The summed E-state index contributed by atoms with van der Waals surface area (Å²) >= 11 is 0. The standard InChI is InChI=1S/C24H27F3N2O4/c1-6-19-17(15-8-10-16(11-9-15)33-14(3)4)12-18-21(32-13-24(25,26)27)20(23(30)31-7-2)29(5)22(18)28-19/h8-12,14H,6-7,13H2,1-5H3. The molecule has 0 bridgehead atoms. The van der Waals surface area contributed by atoms with E-state index in [9.17, 15) is 18.0 Å². The molecule has 3 aromatic rings. The number of benzene rings is 1. The molecular formula is C24H27F3N2O4. The molecule has 0 spiro atoms. The normalized spacial score (nSPS) is 11.8. The van der Waals surface area contributed by atoms with Crippen molar-refractivity contribution in [1.29, 1.82) is 0 Å². The topological polar surface area (TPSA) is 62.6 Å². The van der Waals surface area contributed by atoms with E-state index in [1.807, 2.05) is 45.0 Å². The van der Waals surface area contributed by atoms with Gasteiger partial charge in [0.2, 0.25) is 0 Å². The maximum Gasteiger partial charge on any atom is 0.422 e. The molecule has 0 aliphatic rings. The number of hydrogen-bond acceptors (Lipinski definition) is 5. The van der Waals surface area contributed by atoms with Crippen LogP contribution in [0.4, 0.5) is 13.2 Å². The van der Waals surface area contributed by atoms with E-state index >= 15 is 0 Å². The van der Waals surface area contributed by atoms with Gasteiger partial charge in [0.05, 0.1) is 23.8 Å². The van der Waals surface area contributed by atoms with Crippen molar-refractivity contribution < 1.29 is 32.2 Å². The summed E-state index contributed by atoms with van der Waals surface area (Å²) in [6.07, 6.45) is -3.97. The smallest absolute Gasteiger partial charge is 0.422 e. The summed E-state index contributed by atoms with van der Waals surface area (Å²) in [5, 5.41) is 0.305. The highest BCUT2D eigenvalue weighted by Gasteiger charge is 2.32. The van der Waals surface area contributed by atoms with Crippen LogP contribution in [0.2, 0.25) is 0 Å². The Morgan fingerprint density at radius 1 is 1.15 bits per heavy atom. The first kappa shape index (κ1) is 24.4. The van der Waals surface area contributed by atoms with Gasteiger partial charge in [-0.25, -0.2) is 9.78 Å². The van der Waals surface area contributed by atoms with Crippen molar-refractivity contribution in [3.8, 4) is 22.6 Å². The number of esters is 1. The van der Waals surface area contributed by atoms with Gasteiger partial charge in [0, 0.05) is 12.6 Å². The Labute approximate surface area is 190 Å². The molecule has 0 unspecified atom stereocenters. The minimum Gasteiger partial charge on any atom is -0.491 e. The van der Waals surface area contributed by atoms with Crippen molar-refractivity contribution in [2.75, 3.05) is 13.2 Å². The van der Waals surface area contributed by atoms with E-state index in [1.165, 1.54) is 4.57 Å². The van der Waals surface area contributed by atoms with E-state index in [1.54, 1.807) is 20.0 Å². The maximum atomic E-state index is 12.9. The molecule has 178 valence electrons. The number of ether oxygens (including phenoxy) is 3. The average Bonchev–Trinajstić information content (AvgIpc) is 3.02. The van der Waals surface area contributed by atoms with Crippen molar-refractivity contribution in [2.45, 2.75) is 46.4 Å². The number of pyridine rings is 1. The Morgan fingerprint density at radius 3 is 2.36 bits per heavy atom. The average molecular weight is 464 g/mol. The van der Waals surface area contributed by atoms with Gasteiger partial charge in [-0.1, -0.05) is 19.1 Å². The van der Waals surface area contributed by atoms with Gasteiger partial charge in [-0.05, 0) is 51.0 Å². The molecule has 0 atom stereocenters. The molecule has 9 heteroatoms. The third-order valence-electron chi connectivity index (χ3n) is 4.92. The van der Waals surface area contributed by atoms with Crippen molar-refractivity contribution in [2.24, 2.45) is 7.05 Å². The monoisotopic (exact) mass is 464 g/mol. The number of aromatic nitrogens is 2. The van der Waals surface area contributed by atoms with Crippen LogP contribution in [0.3, 0.4) is 0 Å². The Kier molecular flexibility index (Phi) is 7.19. The number of alkyl halides is 3. The van der Waals surface area contributed by atoms with Crippen LogP contribution < -0.4 is 9.47 Å². The Morgan fingerprint density at radius 2 is 1.82 bits per heavy atom. The van der Waals surface area contributed by atoms with Crippen molar-refractivity contribution in [3.05, 3.63) is 41.7 Å². The van der Waals surface area contributed by atoms with Crippen LogP contribution in [0.1, 0.15) is 43.9 Å². The first-order valence-corrected chi connectivity index (χ1v) is 10.7. The summed E-state index contributed by atoms with van der Waals surface area (Å²) in [4.78, 5) is 17.2. The maximum absolute atomic E-state index is 12.9. The van der Waals surface area contributed by atoms with Crippen LogP contribution in [-0.4, -0.2) is 41.0 Å². The Bertz CT molecular complexity index is 1140. The molecule has 6 nitrogen and oxygen atoms in total. The van der Waals surface area contributed by atoms with Gasteiger partial charge < -0.3 is 18.8 Å². The molecule has 0 N–H and O–H groups in total. The van der Waals surface area contributed by atoms with Crippen LogP contribution in [-0.2, 0) is 18.2 Å². The lowest BCUT2D eigenvalue weighted by molar-refractivity contribution is -0.153. The van der Waals surface area contributed by atoms with Crippen LogP contribution in [0.5, 0.6) is 11.5 Å². The van der Waals surface area contributed by atoms with Crippen LogP contribution in [0.15, 0.2) is 30.3 Å². The fourth-order valence-corrected chi connectivity index (χ4v) is 3.58. The SMILES string of the molecule is CCOC(=O)c1c(OCC(F)(F)F)c2cc(-c3ccc(OC(C)C)cc3)c(CC)nc2n1C. The minimum absolute atomic E-state index is 0.0269. The second-order valence-electron chi connectivity index (χ2n) is 7.76. The van der Waals surface area contributed by atoms with Crippen molar-refractivity contribution in [1.82, 2.24) is 9.55 Å². The highest BCUT2D eigenvalue weighted by molar-refractivity contribution is 6.02. The number of carbonyl (C=O) groups is 1. The molecule has 0 saturated heterocycles. The van der Waals surface area contributed by atoms with Gasteiger partial charge in [0.1, 0.15) is 11.4 Å². The number of nitrogens with zero attached hydrogens (tertiary/aromatic N) is 2. The first-order chi connectivity index (χ1) is 15.6. The largest absolute Gasteiger partial charge is 0.491 e. The molecule has 33 heavy (non-hydrogen) atoms. The quantitative estimate of drug-likeness (QED) is 0.400. The number of halogens is 3. The highest BCUT2D eigenvalue weighted by atomic mass is 19.4. The van der Waals surface area contributed by atoms with E-state index in [0.29, 0.717) is 23.2 Å². The fourth-order valence-electron chi connectivity index (χ4n) is 3.58. The molecular weight excluding hydrogens is 437 g/mol. The zero-order valence-corrected chi connectivity index (χ0v) is 19.2. The highest BCUT2D eigenvalue weighted by Crippen LogP contribution is 2.37. The second kappa shape index (κ2) is 9.72. The van der Waals surface area contributed by atoms with E-state index in [0.717, 1.165) is 16.8 Å². The molecule has 1 aromatic carbocycles. The predicted molar refractivity (Wildman–Crippen MR) is 119 cm³/mol. The molecule has 0 saturated carbocycles. The second-order valence-corrected chi connectivity index (χ2v) is 7.76. The lowest BCUT2D eigenvalue weighted by Gasteiger charge is -2.13. The number of fused-ring (bicyclic) bond motifs is 1. The summed E-state index contributed by atoms with van der Waals surface area (Å²) in [6, 6.07) is 9.11. The van der Waals surface area contributed by atoms with E-state index < -0.39 is 18.8 Å². The molecule has 3 rings (SSSR count). The molecule has 0 aliphatic carbocycles. The van der Waals surface area contributed by atoms with Gasteiger partial charge >= 0.3 is 12.1 Å². The molecule has 0 amide bonds. The Hall–Kier alpha value is -3.23.